The number of pyridine rings is 1. The van der Waals surface area contributed by atoms with E-state index in [0.717, 1.165) is 41.7 Å². The number of carbonyl (C=O) groups is 1. The minimum absolute atomic E-state index is 0.00511. The fourth-order valence-corrected chi connectivity index (χ4v) is 3.93. The monoisotopic (exact) mass is 363 g/mol. The van der Waals surface area contributed by atoms with Crippen molar-refractivity contribution in [2.24, 2.45) is 0 Å². The molecule has 0 saturated heterocycles. The maximum absolute atomic E-state index is 13.1. The Hall–Kier alpha value is -2.89. The first kappa shape index (κ1) is 17.5. The number of rotatable bonds is 3. The highest BCUT2D eigenvalue weighted by molar-refractivity contribution is 6.05. The van der Waals surface area contributed by atoms with Crippen LogP contribution in [-0.4, -0.2) is 20.7 Å². The van der Waals surface area contributed by atoms with E-state index in [1.54, 1.807) is 6.20 Å². The summed E-state index contributed by atoms with van der Waals surface area (Å²) in [4.78, 5) is 17.7. The summed E-state index contributed by atoms with van der Waals surface area (Å²) < 4.78 is 1.86. The molecule has 1 unspecified atom stereocenters. The third kappa shape index (κ3) is 3.16. The maximum atomic E-state index is 13.1. The highest BCUT2D eigenvalue weighted by Crippen LogP contribution is 2.31. The van der Waals surface area contributed by atoms with Gasteiger partial charge in [-0.25, -0.2) is 9.67 Å². The number of aryl methyl sites for hydroxylation is 2. The molecule has 6 nitrogen and oxygen atoms in total. The third-order valence-corrected chi connectivity index (χ3v) is 5.22. The van der Waals surface area contributed by atoms with E-state index in [1.165, 1.54) is 11.1 Å². The van der Waals surface area contributed by atoms with Gasteiger partial charge >= 0.3 is 0 Å². The molecular weight excluding hydrogens is 338 g/mol. The number of aromatic nitrogens is 3. The van der Waals surface area contributed by atoms with Gasteiger partial charge in [0, 0.05) is 17.4 Å². The molecule has 1 aromatic carbocycles. The van der Waals surface area contributed by atoms with Crippen LogP contribution < -0.4 is 11.1 Å². The number of carbonyl (C=O) groups excluding carboxylic acids is 1. The Labute approximate surface area is 158 Å². The predicted molar refractivity (Wildman–Crippen MR) is 107 cm³/mol. The van der Waals surface area contributed by atoms with E-state index in [4.69, 9.17) is 5.73 Å². The van der Waals surface area contributed by atoms with Gasteiger partial charge in [0.05, 0.1) is 23.2 Å². The van der Waals surface area contributed by atoms with Crippen molar-refractivity contribution in [1.82, 2.24) is 20.1 Å². The number of amides is 1. The fourth-order valence-electron chi connectivity index (χ4n) is 3.93. The van der Waals surface area contributed by atoms with Crippen molar-refractivity contribution < 1.29 is 4.79 Å². The molecule has 1 aliphatic rings. The minimum atomic E-state index is -0.0801. The van der Waals surface area contributed by atoms with Gasteiger partial charge in [-0.3, -0.25) is 4.79 Å². The molecule has 3 N–H and O–H groups in total. The first-order valence-corrected chi connectivity index (χ1v) is 9.48. The predicted octanol–water partition coefficient (Wildman–Crippen LogP) is 3.71. The second-order valence-electron chi connectivity index (χ2n) is 7.61. The molecule has 2 aromatic heterocycles. The number of hydrogen-bond donors (Lipinski definition) is 2. The van der Waals surface area contributed by atoms with E-state index < -0.39 is 0 Å². The van der Waals surface area contributed by atoms with Crippen molar-refractivity contribution in [3.8, 4) is 0 Å². The van der Waals surface area contributed by atoms with Gasteiger partial charge in [0.15, 0.2) is 5.65 Å². The van der Waals surface area contributed by atoms with Crippen LogP contribution in [0, 0.1) is 6.92 Å². The standard InChI is InChI=1S/C21H25N5O/c1-12(2)26-20-18(11-23-26)17(9-13(3)24-20)21(27)25-19-6-4-5-14-10-15(22)7-8-16(14)19/h7-12,19H,4-6,22H2,1-3H3,(H,25,27). The Bertz CT molecular complexity index is 1020. The Morgan fingerprint density at radius 3 is 2.93 bits per heavy atom. The van der Waals surface area contributed by atoms with Gasteiger partial charge < -0.3 is 11.1 Å². The van der Waals surface area contributed by atoms with E-state index in [1.807, 2.05) is 35.9 Å². The van der Waals surface area contributed by atoms with Crippen LogP contribution in [0.1, 0.15) is 66.0 Å². The Kier molecular flexibility index (Phi) is 4.34. The van der Waals surface area contributed by atoms with Crippen molar-refractivity contribution in [3.63, 3.8) is 0 Å². The molecule has 0 bridgehead atoms. The number of anilines is 1. The van der Waals surface area contributed by atoms with E-state index in [0.29, 0.717) is 5.56 Å². The summed E-state index contributed by atoms with van der Waals surface area (Å²) in [6, 6.07) is 8.00. The topological polar surface area (TPSA) is 85.8 Å². The second-order valence-corrected chi connectivity index (χ2v) is 7.61. The van der Waals surface area contributed by atoms with Crippen LogP contribution >= 0.6 is 0 Å². The average Bonchev–Trinajstić information content (AvgIpc) is 3.04. The van der Waals surface area contributed by atoms with Crippen molar-refractivity contribution >= 4 is 22.6 Å². The lowest BCUT2D eigenvalue weighted by molar-refractivity contribution is 0.0934. The van der Waals surface area contributed by atoms with Crippen LogP contribution in [0.3, 0.4) is 0 Å². The average molecular weight is 363 g/mol. The van der Waals surface area contributed by atoms with Crippen LogP contribution in [0.25, 0.3) is 11.0 Å². The summed E-state index contributed by atoms with van der Waals surface area (Å²) in [6.07, 6.45) is 4.72. The quantitative estimate of drug-likeness (QED) is 0.695. The van der Waals surface area contributed by atoms with Crippen LogP contribution in [0.5, 0.6) is 0 Å². The smallest absolute Gasteiger partial charge is 0.252 e. The van der Waals surface area contributed by atoms with E-state index in [9.17, 15) is 4.79 Å². The zero-order chi connectivity index (χ0) is 19.1. The number of benzene rings is 1. The van der Waals surface area contributed by atoms with Gasteiger partial charge in [0.25, 0.3) is 5.91 Å². The van der Waals surface area contributed by atoms with Crippen molar-refractivity contribution in [2.75, 3.05) is 5.73 Å². The first-order valence-electron chi connectivity index (χ1n) is 9.48. The summed E-state index contributed by atoms with van der Waals surface area (Å²) >= 11 is 0. The number of nitrogen functional groups attached to an aromatic ring is 1. The second kappa shape index (κ2) is 6.68. The zero-order valence-electron chi connectivity index (χ0n) is 16.0. The van der Waals surface area contributed by atoms with Crippen LogP contribution in [0.4, 0.5) is 5.69 Å². The molecule has 2 heterocycles. The molecule has 0 saturated carbocycles. The number of fused-ring (bicyclic) bond motifs is 2. The molecule has 140 valence electrons. The van der Waals surface area contributed by atoms with Gasteiger partial charge in [-0.1, -0.05) is 6.07 Å². The summed E-state index contributed by atoms with van der Waals surface area (Å²) in [7, 11) is 0. The van der Waals surface area contributed by atoms with Crippen molar-refractivity contribution in [2.45, 2.75) is 52.1 Å². The van der Waals surface area contributed by atoms with Crippen molar-refractivity contribution in [1.29, 1.82) is 0 Å². The normalized spacial score (nSPS) is 16.5. The van der Waals surface area contributed by atoms with Gasteiger partial charge in [-0.05, 0) is 69.4 Å². The fraction of sp³-hybridized carbons (Fsp3) is 0.381. The number of nitrogens with two attached hydrogens (primary N) is 1. The van der Waals surface area contributed by atoms with E-state index >= 15 is 0 Å². The summed E-state index contributed by atoms with van der Waals surface area (Å²) in [6.45, 7) is 6.02. The number of nitrogens with one attached hydrogen (secondary N) is 1. The lowest BCUT2D eigenvalue weighted by Gasteiger charge is -2.27. The lowest BCUT2D eigenvalue weighted by atomic mass is 9.87. The molecule has 6 heteroatoms. The van der Waals surface area contributed by atoms with E-state index in [2.05, 4.69) is 29.2 Å². The number of hydrogen-bond acceptors (Lipinski definition) is 4. The summed E-state index contributed by atoms with van der Waals surface area (Å²) in [5.41, 5.74) is 11.3. The maximum Gasteiger partial charge on any atom is 0.252 e. The minimum Gasteiger partial charge on any atom is -0.399 e. The lowest BCUT2D eigenvalue weighted by Crippen LogP contribution is -2.31. The molecule has 27 heavy (non-hydrogen) atoms. The third-order valence-electron chi connectivity index (χ3n) is 5.22. The van der Waals surface area contributed by atoms with Gasteiger partial charge in [0.2, 0.25) is 0 Å². The van der Waals surface area contributed by atoms with Crippen molar-refractivity contribution in [3.05, 3.63) is 52.8 Å². The van der Waals surface area contributed by atoms with Gasteiger partial charge in [-0.15, -0.1) is 0 Å². The largest absolute Gasteiger partial charge is 0.399 e. The zero-order valence-corrected chi connectivity index (χ0v) is 16.0. The number of nitrogens with zero attached hydrogens (tertiary/aromatic N) is 3. The Balaban J connectivity index is 1.69. The van der Waals surface area contributed by atoms with Crippen LogP contribution in [0.15, 0.2) is 30.5 Å². The molecule has 0 spiro atoms. The van der Waals surface area contributed by atoms with Gasteiger partial charge in [0.1, 0.15) is 0 Å². The Morgan fingerprint density at radius 1 is 1.33 bits per heavy atom. The summed E-state index contributed by atoms with van der Waals surface area (Å²) in [5, 5.41) is 8.45. The molecule has 3 aromatic rings. The molecule has 0 fully saturated rings. The summed E-state index contributed by atoms with van der Waals surface area (Å²) in [5.74, 6) is -0.0801. The highest BCUT2D eigenvalue weighted by atomic mass is 16.1. The molecule has 4 rings (SSSR count). The molecule has 0 radical (unpaired) electrons. The van der Waals surface area contributed by atoms with Gasteiger partial charge in [-0.2, -0.15) is 5.10 Å². The molecule has 0 aliphatic heterocycles. The molecule has 1 atom stereocenters. The molecular formula is C21H25N5O. The SMILES string of the molecule is Cc1cc(C(=O)NC2CCCc3cc(N)ccc32)c2cnn(C(C)C)c2n1. The first-order chi connectivity index (χ1) is 12.9. The Morgan fingerprint density at radius 2 is 2.15 bits per heavy atom. The van der Waals surface area contributed by atoms with E-state index in [-0.39, 0.29) is 18.0 Å². The molecule has 1 aliphatic carbocycles. The molecule has 1 amide bonds. The van der Waals surface area contributed by atoms with Crippen LogP contribution in [0.2, 0.25) is 0 Å². The highest BCUT2D eigenvalue weighted by Gasteiger charge is 2.24. The van der Waals surface area contributed by atoms with Crippen LogP contribution in [-0.2, 0) is 6.42 Å².